The lowest BCUT2D eigenvalue weighted by molar-refractivity contribution is 0.322. The van der Waals surface area contributed by atoms with Gasteiger partial charge in [-0.3, -0.25) is 0 Å². The van der Waals surface area contributed by atoms with E-state index in [-0.39, 0.29) is 5.15 Å². The lowest BCUT2D eigenvalue weighted by Crippen LogP contribution is -2.47. The quantitative estimate of drug-likeness (QED) is 0.494. The second-order valence-corrected chi connectivity index (χ2v) is 12.2. The van der Waals surface area contributed by atoms with Crippen LogP contribution < -0.4 is 5.73 Å². The van der Waals surface area contributed by atoms with Crippen LogP contribution in [0.5, 0.6) is 0 Å². The number of hydrogen-bond acceptors (Lipinski definition) is 4. The van der Waals surface area contributed by atoms with Crippen LogP contribution in [-0.2, 0) is 4.43 Å². The van der Waals surface area contributed by atoms with Gasteiger partial charge in [-0.05, 0) is 16.6 Å². The van der Waals surface area contributed by atoms with Crippen molar-refractivity contribution in [2.45, 2.75) is 58.2 Å². The number of hydrogen-bond donors (Lipinski definition) is 1. The Bertz CT molecular complexity index is 522. The molecule has 0 spiro atoms. The van der Waals surface area contributed by atoms with Crippen LogP contribution in [0.3, 0.4) is 0 Å². The predicted molar refractivity (Wildman–Crippen MR) is 95.3 cm³/mol. The van der Waals surface area contributed by atoms with Gasteiger partial charge in [-0.2, -0.15) is 0 Å². The summed E-state index contributed by atoms with van der Waals surface area (Å²) in [4.78, 5) is 7.79. The molecule has 2 N–H and O–H groups in total. The number of nitrogens with two attached hydrogens (primary N) is 1. The largest absolute Gasteiger partial charge is 0.405 e. The van der Waals surface area contributed by atoms with Crippen LogP contribution in [0, 0.1) is 11.8 Å². The van der Waals surface area contributed by atoms with Gasteiger partial charge < -0.3 is 10.2 Å². The van der Waals surface area contributed by atoms with Gasteiger partial charge in [-0.1, -0.05) is 65.0 Å². The molecule has 22 heavy (non-hydrogen) atoms. The fourth-order valence-corrected chi connectivity index (χ4v) is 8.79. The molecule has 0 aliphatic carbocycles. The highest BCUT2D eigenvalue weighted by molar-refractivity contribution is 6.77. The van der Waals surface area contributed by atoms with Crippen LogP contribution in [0.4, 0.5) is 5.82 Å². The third-order valence-corrected chi connectivity index (χ3v) is 10.5. The average Bonchev–Trinajstić information content (AvgIpc) is 2.40. The lowest BCUT2D eigenvalue weighted by atomic mass is 10.3. The summed E-state index contributed by atoms with van der Waals surface area (Å²) in [6.07, 6.45) is 1.33. The minimum atomic E-state index is -1.89. The molecule has 0 unspecified atom stereocenters. The fraction of sp³-hybridized carbons (Fsp3) is 0.625. The van der Waals surface area contributed by atoms with Gasteiger partial charge >= 0.3 is 0 Å². The van der Waals surface area contributed by atoms with Crippen molar-refractivity contribution in [2.24, 2.45) is 0 Å². The molecule has 0 aliphatic heterocycles. The topological polar surface area (TPSA) is 61.0 Å². The Balaban J connectivity index is 2.91. The van der Waals surface area contributed by atoms with E-state index in [0.29, 0.717) is 34.6 Å². The van der Waals surface area contributed by atoms with Gasteiger partial charge in [-0.25, -0.2) is 9.97 Å². The second-order valence-electron chi connectivity index (χ2n) is 6.33. The highest BCUT2D eigenvalue weighted by Crippen LogP contribution is 2.42. The Kier molecular flexibility index (Phi) is 6.85. The van der Waals surface area contributed by atoms with Gasteiger partial charge in [0.05, 0.1) is 6.61 Å². The molecule has 122 valence electrons. The van der Waals surface area contributed by atoms with E-state index in [0.717, 1.165) is 0 Å². The number of anilines is 1. The van der Waals surface area contributed by atoms with E-state index in [9.17, 15) is 0 Å². The van der Waals surface area contributed by atoms with E-state index < -0.39 is 8.32 Å². The van der Waals surface area contributed by atoms with Crippen LogP contribution >= 0.6 is 11.6 Å². The first-order chi connectivity index (χ1) is 10.2. The first-order valence-corrected chi connectivity index (χ1v) is 10.1. The molecule has 4 nitrogen and oxygen atoms in total. The van der Waals surface area contributed by atoms with Crippen LogP contribution in [0.15, 0.2) is 6.33 Å². The number of halogens is 1. The summed E-state index contributed by atoms with van der Waals surface area (Å²) in [7, 11) is -1.89. The zero-order chi connectivity index (χ0) is 16.9. The summed E-state index contributed by atoms with van der Waals surface area (Å²) >= 11 is 5.98. The average molecular weight is 340 g/mol. The SMILES string of the molecule is CC(C)[Si](OCC#Cc1c(N)ncnc1Cl)(C(C)C)C(C)C. The normalized spacial score (nSPS) is 11.9. The second kappa shape index (κ2) is 7.96. The van der Waals surface area contributed by atoms with E-state index in [4.69, 9.17) is 21.8 Å². The van der Waals surface area contributed by atoms with Crippen molar-refractivity contribution < 1.29 is 4.43 Å². The van der Waals surface area contributed by atoms with E-state index in [2.05, 4.69) is 63.4 Å². The molecule has 1 heterocycles. The van der Waals surface area contributed by atoms with Gasteiger partial charge in [0.1, 0.15) is 22.9 Å². The lowest BCUT2D eigenvalue weighted by Gasteiger charge is -2.41. The third kappa shape index (κ3) is 4.01. The van der Waals surface area contributed by atoms with Crippen molar-refractivity contribution >= 4 is 25.7 Å². The molecule has 0 aromatic carbocycles. The summed E-state index contributed by atoms with van der Waals surface area (Å²) in [5.41, 5.74) is 7.83. The first kappa shape index (κ1) is 19.0. The molecule has 0 amide bonds. The van der Waals surface area contributed by atoms with Crippen LogP contribution in [0.25, 0.3) is 0 Å². The van der Waals surface area contributed by atoms with Gasteiger partial charge in [0.15, 0.2) is 0 Å². The van der Waals surface area contributed by atoms with Gasteiger partial charge in [0.25, 0.3) is 0 Å². The Hall–Kier alpha value is -1.09. The standard InChI is InChI=1S/C16H26ClN3OSi/c1-11(2)22(12(3)4,13(5)6)21-9-7-8-14-15(17)19-10-20-16(14)18/h10-13H,9H2,1-6H3,(H2,18,19,20). The minimum Gasteiger partial charge on any atom is -0.405 e. The van der Waals surface area contributed by atoms with Gasteiger partial charge in [0, 0.05) is 0 Å². The molecule has 0 fully saturated rings. The monoisotopic (exact) mass is 339 g/mol. The highest BCUT2D eigenvalue weighted by Gasteiger charge is 2.44. The highest BCUT2D eigenvalue weighted by atomic mass is 35.5. The van der Waals surface area contributed by atoms with Crippen molar-refractivity contribution in [3.63, 3.8) is 0 Å². The molecule has 0 saturated carbocycles. The van der Waals surface area contributed by atoms with Crippen molar-refractivity contribution in [3.05, 3.63) is 17.0 Å². The molecular formula is C16H26ClN3OSi. The Morgan fingerprint density at radius 1 is 1.14 bits per heavy atom. The maximum atomic E-state index is 6.36. The number of nitrogen functional groups attached to an aromatic ring is 1. The van der Waals surface area contributed by atoms with E-state index in [1.165, 1.54) is 6.33 Å². The molecule has 1 rings (SSSR count). The Morgan fingerprint density at radius 3 is 2.14 bits per heavy atom. The van der Waals surface area contributed by atoms with Gasteiger partial charge in [0.2, 0.25) is 8.32 Å². The van der Waals surface area contributed by atoms with E-state index in [1.54, 1.807) is 0 Å². The summed E-state index contributed by atoms with van der Waals surface area (Å²) in [6, 6.07) is 0. The van der Waals surface area contributed by atoms with Crippen LogP contribution in [0.1, 0.15) is 47.1 Å². The maximum Gasteiger partial charge on any atom is 0.201 e. The summed E-state index contributed by atoms with van der Waals surface area (Å²) in [5.74, 6) is 6.26. The Labute approximate surface area is 140 Å². The zero-order valence-corrected chi connectivity index (χ0v) is 16.0. The number of nitrogens with zero attached hydrogens (tertiary/aromatic N) is 2. The summed E-state index contributed by atoms with van der Waals surface area (Å²) in [6.45, 7) is 13.9. The third-order valence-electron chi connectivity index (χ3n) is 4.15. The Morgan fingerprint density at radius 2 is 1.68 bits per heavy atom. The molecule has 0 aliphatic rings. The molecular weight excluding hydrogens is 314 g/mol. The van der Waals surface area contributed by atoms with Crippen molar-refractivity contribution in [1.82, 2.24) is 9.97 Å². The van der Waals surface area contributed by atoms with Crippen LogP contribution in [0.2, 0.25) is 21.8 Å². The van der Waals surface area contributed by atoms with E-state index in [1.807, 2.05) is 0 Å². The molecule has 1 aromatic heterocycles. The molecule has 0 saturated heterocycles. The maximum absolute atomic E-state index is 6.36. The van der Waals surface area contributed by atoms with Crippen molar-refractivity contribution in [2.75, 3.05) is 12.3 Å². The van der Waals surface area contributed by atoms with Gasteiger partial charge in [-0.15, -0.1) is 0 Å². The van der Waals surface area contributed by atoms with Crippen molar-refractivity contribution in [1.29, 1.82) is 0 Å². The fourth-order valence-electron chi connectivity index (χ4n) is 3.28. The number of aromatic nitrogens is 2. The number of rotatable bonds is 5. The molecule has 0 radical (unpaired) electrons. The minimum absolute atomic E-state index is 0.278. The van der Waals surface area contributed by atoms with Crippen LogP contribution in [-0.4, -0.2) is 24.9 Å². The smallest absolute Gasteiger partial charge is 0.201 e. The zero-order valence-electron chi connectivity index (χ0n) is 14.3. The molecule has 1 aromatic rings. The predicted octanol–water partition coefficient (Wildman–Crippen LogP) is 4.26. The first-order valence-electron chi connectivity index (χ1n) is 7.62. The summed E-state index contributed by atoms with van der Waals surface area (Å²) in [5, 5.41) is 0.278. The molecule has 0 bridgehead atoms. The molecule has 0 atom stereocenters. The summed E-state index contributed by atoms with van der Waals surface area (Å²) < 4.78 is 6.36. The van der Waals surface area contributed by atoms with E-state index >= 15 is 0 Å². The van der Waals surface area contributed by atoms with Crippen molar-refractivity contribution in [3.8, 4) is 11.8 Å². The molecule has 6 heteroatoms.